The van der Waals surface area contributed by atoms with Gasteiger partial charge in [-0.3, -0.25) is 0 Å². The van der Waals surface area contributed by atoms with Gasteiger partial charge in [0.15, 0.2) is 5.03 Å². The first-order chi connectivity index (χ1) is 9.50. The van der Waals surface area contributed by atoms with Crippen molar-refractivity contribution >= 4 is 10.0 Å². The molecule has 2 rings (SSSR count). The van der Waals surface area contributed by atoms with Crippen molar-refractivity contribution in [1.29, 1.82) is 0 Å². The van der Waals surface area contributed by atoms with Crippen molar-refractivity contribution in [3.63, 3.8) is 0 Å². The summed E-state index contributed by atoms with van der Waals surface area (Å²) in [6.45, 7) is 5.43. The predicted octanol–water partition coefficient (Wildman–Crippen LogP) is 1.10. The lowest BCUT2D eigenvalue weighted by atomic mass is 10.1. The molecular weight excluding hydrogens is 276 g/mol. The molecule has 1 unspecified atom stereocenters. The molecule has 1 aliphatic heterocycles. The maximum Gasteiger partial charge on any atom is 0.262 e. The fourth-order valence-electron chi connectivity index (χ4n) is 2.75. The second-order valence-electron chi connectivity index (χ2n) is 5.27. The first-order valence-corrected chi connectivity index (χ1v) is 8.70. The van der Waals surface area contributed by atoms with Crippen LogP contribution in [-0.2, 0) is 16.6 Å². The van der Waals surface area contributed by atoms with E-state index in [-0.39, 0.29) is 11.1 Å². The third-order valence-corrected chi connectivity index (χ3v) is 5.79. The maximum absolute atomic E-state index is 12.8. The number of sulfonamides is 1. The van der Waals surface area contributed by atoms with Gasteiger partial charge in [-0.1, -0.05) is 12.8 Å². The van der Waals surface area contributed by atoms with Gasteiger partial charge in [-0.2, -0.15) is 4.31 Å². The molecule has 0 spiro atoms. The Morgan fingerprint density at radius 2 is 2.15 bits per heavy atom. The molecular formula is C13H24N4O2S. The van der Waals surface area contributed by atoms with Crippen molar-refractivity contribution in [3.05, 3.63) is 12.0 Å². The lowest BCUT2D eigenvalue weighted by Crippen LogP contribution is -2.44. The number of hydrogen-bond donors (Lipinski definition) is 1. The van der Waals surface area contributed by atoms with E-state index >= 15 is 0 Å². The third kappa shape index (κ3) is 2.89. The Morgan fingerprint density at radius 3 is 2.75 bits per heavy atom. The molecule has 0 bridgehead atoms. The van der Waals surface area contributed by atoms with Crippen LogP contribution >= 0.6 is 0 Å². The zero-order chi connectivity index (χ0) is 14.8. The van der Waals surface area contributed by atoms with E-state index < -0.39 is 10.0 Å². The Balaban J connectivity index is 2.35. The molecule has 1 saturated heterocycles. The summed E-state index contributed by atoms with van der Waals surface area (Å²) in [7, 11) is -3.54. The van der Waals surface area contributed by atoms with E-state index in [1.807, 2.05) is 18.4 Å². The predicted molar refractivity (Wildman–Crippen MR) is 77.8 cm³/mol. The standard InChI is InChI=1S/C13H24N4O2S/c1-3-16-10-13(15-11(16)2)20(18,19)17-8-6-4-5-7-12(17)9-14/h10,12H,3-9,14H2,1-2H3. The van der Waals surface area contributed by atoms with Crippen LogP contribution in [0.1, 0.15) is 38.4 Å². The highest BCUT2D eigenvalue weighted by atomic mass is 32.2. The summed E-state index contributed by atoms with van der Waals surface area (Å²) in [5.74, 6) is 0.727. The summed E-state index contributed by atoms with van der Waals surface area (Å²) in [6, 6.07) is -0.102. The number of nitrogens with two attached hydrogens (primary N) is 1. The summed E-state index contributed by atoms with van der Waals surface area (Å²) in [4.78, 5) is 4.22. The molecule has 0 radical (unpaired) electrons. The molecule has 1 aliphatic rings. The molecule has 0 aromatic carbocycles. The topological polar surface area (TPSA) is 81.2 Å². The van der Waals surface area contributed by atoms with Crippen LogP contribution in [0.25, 0.3) is 0 Å². The fourth-order valence-corrected chi connectivity index (χ4v) is 4.45. The highest BCUT2D eigenvalue weighted by molar-refractivity contribution is 7.89. The Morgan fingerprint density at radius 1 is 1.40 bits per heavy atom. The largest absolute Gasteiger partial charge is 0.334 e. The SMILES string of the molecule is CCn1cc(S(=O)(=O)N2CCCCCC2CN)nc1C. The summed E-state index contributed by atoms with van der Waals surface area (Å²) < 4.78 is 29.0. The minimum Gasteiger partial charge on any atom is -0.334 e. The normalized spacial score (nSPS) is 21.9. The van der Waals surface area contributed by atoms with Crippen LogP contribution in [0.15, 0.2) is 11.2 Å². The zero-order valence-electron chi connectivity index (χ0n) is 12.2. The van der Waals surface area contributed by atoms with E-state index in [0.717, 1.165) is 31.5 Å². The van der Waals surface area contributed by atoms with Crippen LogP contribution < -0.4 is 5.73 Å². The molecule has 6 nitrogen and oxygen atoms in total. The molecule has 0 saturated carbocycles. The fraction of sp³-hybridized carbons (Fsp3) is 0.769. The third-order valence-electron chi connectivity index (χ3n) is 3.96. The molecule has 114 valence electrons. The monoisotopic (exact) mass is 300 g/mol. The van der Waals surface area contributed by atoms with Crippen LogP contribution in [0.3, 0.4) is 0 Å². The maximum atomic E-state index is 12.8. The van der Waals surface area contributed by atoms with Crippen molar-refractivity contribution < 1.29 is 8.42 Å². The van der Waals surface area contributed by atoms with Gasteiger partial charge in [-0.05, 0) is 26.7 Å². The van der Waals surface area contributed by atoms with E-state index in [4.69, 9.17) is 5.73 Å². The van der Waals surface area contributed by atoms with Gasteiger partial charge in [0, 0.05) is 31.9 Å². The number of nitrogens with zero attached hydrogens (tertiary/aromatic N) is 3. The van der Waals surface area contributed by atoms with Gasteiger partial charge in [-0.15, -0.1) is 0 Å². The van der Waals surface area contributed by atoms with E-state index in [0.29, 0.717) is 19.6 Å². The van der Waals surface area contributed by atoms with Crippen molar-refractivity contribution in [2.75, 3.05) is 13.1 Å². The highest BCUT2D eigenvalue weighted by Crippen LogP contribution is 2.24. The van der Waals surface area contributed by atoms with E-state index in [1.54, 1.807) is 10.5 Å². The van der Waals surface area contributed by atoms with Crippen molar-refractivity contribution in [2.24, 2.45) is 5.73 Å². The van der Waals surface area contributed by atoms with E-state index in [9.17, 15) is 8.42 Å². The first kappa shape index (κ1) is 15.5. The molecule has 2 N–H and O–H groups in total. The number of rotatable bonds is 4. The molecule has 1 atom stereocenters. The van der Waals surface area contributed by atoms with Gasteiger partial charge in [0.05, 0.1) is 0 Å². The van der Waals surface area contributed by atoms with Crippen LogP contribution in [0.5, 0.6) is 0 Å². The lowest BCUT2D eigenvalue weighted by molar-refractivity contribution is 0.327. The van der Waals surface area contributed by atoms with Gasteiger partial charge in [0.2, 0.25) is 0 Å². The molecule has 1 fully saturated rings. The number of hydrogen-bond acceptors (Lipinski definition) is 4. The minimum absolute atomic E-state index is 0.102. The average molecular weight is 300 g/mol. The molecule has 20 heavy (non-hydrogen) atoms. The van der Waals surface area contributed by atoms with Gasteiger partial charge in [-0.25, -0.2) is 13.4 Å². The van der Waals surface area contributed by atoms with Crippen LogP contribution in [0.2, 0.25) is 0 Å². The van der Waals surface area contributed by atoms with Crippen LogP contribution in [-0.4, -0.2) is 41.4 Å². The average Bonchev–Trinajstić information content (AvgIpc) is 2.66. The van der Waals surface area contributed by atoms with Crippen LogP contribution in [0.4, 0.5) is 0 Å². The number of aryl methyl sites for hydroxylation is 2. The summed E-state index contributed by atoms with van der Waals surface area (Å²) in [5, 5.41) is 0.150. The summed E-state index contributed by atoms with van der Waals surface area (Å²) >= 11 is 0. The van der Waals surface area contributed by atoms with Gasteiger partial charge in [0.1, 0.15) is 5.82 Å². The second kappa shape index (κ2) is 6.24. The van der Waals surface area contributed by atoms with Crippen molar-refractivity contribution in [3.8, 4) is 0 Å². The smallest absolute Gasteiger partial charge is 0.262 e. The van der Waals surface area contributed by atoms with Gasteiger partial charge >= 0.3 is 0 Å². The Labute approximate surface area is 121 Å². The lowest BCUT2D eigenvalue weighted by Gasteiger charge is -2.27. The summed E-state index contributed by atoms with van der Waals surface area (Å²) in [6.07, 6.45) is 5.46. The van der Waals surface area contributed by atoms with Gasteiger partial charge in [0.25, 0.3) is 10.0 Å². The second-order valence-corrected chi connectivity index (χ2v) is 7.10. The quantitative estimate of drug-likeness (QED) is 0.903. The number of imidazole rings is 1. The minimum atomic E-state index is -3.54. The molecule has 7 heteroatoms. The molecule has 0 aliphatic carbocycles. The van der Waals surface area contributed by atoms with E-state index in [2.05, 4.69) is 4.98 Å². The molecule has 1 aromatic heterocycles. The zero-order valence-corrected chi connectivity index (χ0v) is 13.1. The summed E-state index contributed by atoms with van der Waals surface area (Å²) in [5.41, 5.74) is 5.77. The Hall–Kier alpha value is -0.920. The highest BCUT2D eigenvalue weighted by Gasteiger charge is 2.33. The first-order valence-electron chi connectivity index (χ1n) is 7.26. The molecule has 2 heterocycles. The van der Waals surface area contributed by atoms with Crippen molar-refractivity contribution in [2.45, 2.75) is 57.1 Å². The Bertz CT molecular complexity index is 553. The van der Waals surface area contributed by atoms with E-state index in [1.165, 1.54) is 0 Å². The van der Waals surface area contributed by atoms with Crippen molar-refractivity contribution in [1.82, 2.24) is 13.9 Å². The van der Waals surface area contributed by atoms with Crippen LogP contribution in [0, 0.1) is 6.92 Å². The number of aromatic nitrogens is 2. The van der Waals surface area contributed by atoms with Gasteiger partial charge < -0.3 is 10.3 Å². The Kier molecular flexibility index (Phi) is 4.82. The molecule has 1 aromatic rings. The molecule has 0 amide bonds.